The molecule has 1 aliphatic rings. The van der Waals surface area contributed by atoms with Gasteiger partial charge in [0.2, 0.25) is 0 Å². The van der Waals surface area contributed by atoms with Crippen LogP contribution in [0.2, 0.25) is 0 Å². The molecule has 0 atom stereocenters. The van der Waals surface area contributed by atoms with Gasteiger partial charge in [0.25, 0.3) is 0 Å². The molecule has 0 aliphatic carbocycles. The molecule has 0 unspecified atom stereocenters. The molecule has 182 valence electrons. The van der Waals surface area contributed by atoms with Gasteiger partial charge in [-0.05, 0) is 70.9 Å². The van der Waals surface area contributed by atoms with Gasteiger partial charge in [0.15, 0.2) is 0 Å². The lowest BCUT2D eigenvalue weighted by Gasteiger charge is -2.33. The molecule has 35 heavy (non-hydrogen) atoms. The van der Waals surface area contributed by atoms with Crippen LogP contribution in [0.4, 0.5) is 4.79 Å². The number of piperidine rings is 1. The monoisotopic (exact) mass is 490 g/mol. The number of nitrogens with zero attached hydrogens (tertiary/aromatic N) is 4. The number of aromatic nitrogens is 3. The topological polar surface area (TPSA) is 77.4 Å². The van der Waals surface area contributed by atoms with Crippen LogP contribution in [0, 0.1) is 6.92 Å². The van der Waals surface area contributed by atoms with Crippen LogP contribution in [-0.2, 0) is 4.74 Å². The van der Waals surface area contributed by atoms with Crippen LogP contribution in [0.15, 0.2) is 36.4 Å². The summed E-state index contributed by atoms with van der Waals surface area (Å²) < 4.78 is 12.3. The number of hydrogen-bond acceptors (Lipinski definition) is 7. The average molecular weight is 491 g/mol. The minimum absolute atomic E-state index is 0.235. The second kappa shape index (κ2) is 9.07. The summed E-state index contributed by atoms with van der Waals surface area (Å²) in [5.41, 5.74) is 5.03. The van der Waals surface area contributed by atoms with Crippen molar-refractivity contribution in [3.05, 3.63) is 47.1 Å². The Morgan fingerprint density at radius 1 is 1.00 bits per heavy atom. The van der Waals surface area contributed by atoms with Gasteiger partial charge in [-0.25, -0.2) is 14.8 Å². The van der Waals surface area contributed by atoms with Crippen molar-refractivity contribution >= 4 is 38.7 Å². The van der Waals surface area contributed by atoms with E-state index >= 15 is 0 Å². The van der Waals surface area contributed by atoms with E-state index in [2.05, 4.69) is 17.1 Å². The molecule has 3 aromatic heterocycles. The molecule has 0 spiro atoms. The average Bonchev–Trinajstić information content (AvgIpc) is 3.20. The molecule has 1 saturated heterocycles. The number of carbonyl (C=O) groups excluding carboxylic acids is 1. The molecular formula is C27H30N4O3S. The fourth-order valence-electron chi connectivity index (χ4n) is 4.53. The van der Waals surface area contributed by atoms with Crippen molar-refractivity contribution in [3.63, 3.8) is 0 Å². The Bertz CT molecular complexity index is 1400. The van der Waals surface area contributed by atoms with Gasteiger partial charge in [-0.1, -0.05) is 0 Å². The molecule has 0 N–H and O–H groups in total. The fourth-order valence-corrected chi connectivity index (χ4v) is 5.37. The third-order valence-corrected chi connectivity index (χ3v) is 7.16. The molecule has 4 heterocycles. The predicted molar refractivity (Wildman–Crippen MR) is 139 cm³/mol. The third kappa shape index (κ3) is 4.93. The summed E-state index contributed by atoms with van der Waals surface area (Å²) in [5.74, 6) is 1.07. The Morgan fingerprint density at radius 2 is 1.71 bits per heavy atom. The molecule has 1 aromatic carbocycles. The van der Waals surface area contributed by atoms with Crippen molar-refractivity contribution in [2.75, 3.05) is 20.2 Å². The van der Waals surface area contributed by atoms with E-state index in [1.54, 1.807) is 23.3 Å². The smallest absolute Gasteiger partial charge is 0.410 e. The zero-order valence-corrected chi connectivity index (χ0v) is 21.6. The van der Waals surface area contributed by atoms with Crippen molar-refractivity contribution in [2.24, 2.45) is 0 Å². The van der Waals surface area contributed by atoms with Gasteiger partial charge in [-0.2, -0.15) is 0 Å². The number of rotatable bonds is 3. The van der Waals surface area contributed by atoms with E-state index in [1.165, 1.54) is 0 Å². The van der Waals surface area contributed by atoms with Gasteiger partial charge in [0.1, 0.15) is 11.4 Å². The number of methoxy groups -OCH3 is 1. The van der Waals surface area contributed by atoms with Gasteiger partial charge >= 0.3 is 6.09 Å². The highest BCUT2D eigenvalue weighted by Gasteiger charge is 2.28. The van der Waals surface area contributed by atoms with Crippen LogP contribution in [0.5, 0.6) is 5.75 Å². The SMILES string of the molecule is COc1cc2nc(C)sc2cc1-c1ccc2nc(C3CCN(C(=O)OC(C)(C)C)CC3)ccc2n1. The molecule has 1 amide bonds. The lowest BCUT2D eigenvalue weighted by Crippen LogP contribution is -2.41. The maximum atomic E-state index is 12.4. The van der Waals surface area contributed by atoms with Crippen LogP contribution in [0.25, 0.3) is 32.5 Å². The molecule has 7 nitrogen and oxygen atoms in total. The number of carbonyl (C=O) groups is 1. The fraction of sp³-hybridized carbons (Fsp3) is 0.407. The first-order valence-electron chi connectivity index (χ1n) is 11.9. The van der Waals surface area contributed by atoms with E-state index in [9.17, 15) is 4.79 Å². The Morgan fingerprint density at radius 3 is 2.43 bits per heavy atom. The molecule has 1 aliphatic heterocycles. The minimum atomic E-state index is -0.477. The molecule has 8 heteroatoms. The number of ether oxygens (including phenoxy) is 2. The molecule has 0 saturated carbocycles. The van der Waals surface area contributed by atoms with Gasteiger partial charge in [0.05, 0.1) is 39.1 Å². The number of fused-ring (bicyclic) bond motifs is 2. The first-order chi connectivity index (χ1) is 16.7. The van der Waals surface area contributed by atoms with E-state index in [-0.39, 0.29) is 6.09 Å². The lowest BCUT2D eigenvalue weighted by atomic mass is 9.93. The second-order valence-electron chi connectivity index (χ2n) is 9.97. The first kappa shape index (κ1) is 23.5. The standard InChI is InChI=1S/C27H30N4O3S/c1-16-28-23-15-24(33-5)18(14-25(23)35-16)20-7-9-21-22(30-20)8-6-19(29-21)17-10-12-31(13-11-17)26(32)34-27(2,3)4/h6-9,14-15,17H,10-13H2,1-5H3. The predicted octanol–water partition coefficient (Wildman–Crippen LogP) is 6.34. The highest BCUT2D eigenvalue weighted by molar-refractivity contribution is 7.18. The van der Waals surface area contributed by atoms with Gasteiger partial charge in [0, 0.05) is 36.3 Å². The van der Waals surface area contributed by atoms with Crippen LogP contribution < -0.4 is 4.74 Å². The summed E-state index contributed by atoms with van der Waals surface area (Å²) in [7, 11) is 1.67. The second-order valence-corrected chi connectivity index (χ2v) is 11.2. The van der Waals surface area contributed by atoms with E-state index in [1.807, 2.05) is 52.0 Å². The molecule has 0 radical (unpaired) electrons. The Labute approximate surface area is 209 Å². The molecular weight excluding hydrogens is 460 g/mol. The Hall–Kier alpha value is -3.26. The van der Waals surface area contributed by atoms with E-state index < -0.39 is 5.60 Å². The summed E-state index contributed by atoms with van der Waals surface area (Å²) in [6.07, 6.45) is 1.50. The third-order valence-electron chi connectivity index (χ3n) is 6.22. The summed E-state index contributed by atoms with van der Waals surface area (Å²) >= 11 is 1.67. The van der Waals surface area contributed by atoms with Crippen LogP contribution in [0.1, 0.15) is 50.2 Å². The molecule has 4 aromatic rings. The zero-order chi connectivity index (χ0) is 24.7. The number of thiazole rings is 1. The molecule has 1 fully saturated rings. The highest BCUT2D eigenvalue weighted by Crippen LogP contribution is 2.36. The van der Waals surface area contributed by atoms with Gasteiger partial charge in [-0.3, -0.25) is 4.98 Å². The van der Waals surface area contributed by atoms with Crippen molar-refractivity contribution in [1.29, 1.82) is 0 Å². The van der Waals surface area contributed by atoms with E-state index in [0.717, 1.165) is 61.8 Å². The number of aryl methyl sites for hydroxylation is 1. The van der Waals surface area contributed by atoms with Crippen molar-refractivity contribution < 1.29 is 14.3 Å². The quantitative estimate of drug-likeness (QED) is 0.334. The number of pyridine rings is 2. The first-order valence-corrected chi connectivity index (χ1v) is 12.7. The number of benzene rings is 1. The number of hydrogen-bond donors (Lipinski definition) is 0. The van der Waals surface area contributed by atoms with Crippen molar-refractivity contribution in [2.45, 2.75) is 52.1 Å². The Balaban J connectivity index is 1.36. The van der Waals surface area contributed by atoms with Gasteiger partial charge < -0.3 is 14.4 Å². The van der Waals surface area contributed by atoms with Crippen LogP contribution in [0.3, 0.4) is 0 Å². The van der Waals surface area contributed by atoms with E-state index in [0.29, 0.717) is 19.0 Å². The summed E-state index contributed by atoms with van der Waals surface area (Å²) in [6, 6.07) is 12.2. The minimum Gasteiger partial charge on any atom is -0.496 e. The largest absolute Gasteiger partial charge is 0.496 e. The van der Waals surface area contributed by atoms with E-state index in [4.69, 9.17) is 19.4 Å². The summed E-state index contributed by atoms with van der Waals surface area (Å²) in [4.78, 5) is 28.6. The van der Waals surface area contributed by atoms with Crippen LogP contribution in [-0.4, -0.2) is 51.7 Å². The van der Waals surface area contributed by atoms with Crippen molar-refractivity contribution in [3.8, 4) is 17.0 Å². The highest BCUT2D eigenvalue weighted by atomic mass is 32.1. The summed E-state index contributed by atoms with van der Waals surface area (Å²) in [5, 5.41) is 1.03. The zero-order valence-electron chi connectivity index (χ0n) is 20.8. The molecule has 0 bridgehead atoms. The van der Waals surface area contributed by atoms with Gasteiger partial charge in [-0.15, -0.1) is 11.3 Å². The van der Waals surface area contributed by atoms with Crippen molar-refractivity contribution in [1.82, 2.24) is 19.9 Å². The molecule has 5 rings (SSSR count). The lowest BCUT2D eigenvalue weighted by molar-refractivity contribution is 0.0204. The normalized spacial score (nSPS) is 15.1. The Kier molecular flexibility index (Phi) is 6.09. The maximum Gasteiger partial charge on any atom is 0.410 e. The summed E-state index contributed by atoms with van der Waals surface area (Å²) in [6.45, 7) is 9.04. The van der Waals surface area contributed by atoms with Crippen LogP contribution >= 0.6 is 11.3 Å². The number of amides is 1. The maximum absolute atomic E-state index is 12.4. The number of likely N-dealkylation sites (tertiary alicyclic amines) is 1.